The normalized spacial score (nSPS) is 16.8. The first kappa shape index (κ1) is 19.1. The monoisotopic (exact) mass is 391 g/mol. The highest BCUT2D eigenvalue weighted by atomic mass is 32.2. The van der Waals surface area contributed by atoms with Gasteiger partial charge in [-0.25, -0.2) is 12.7 Å². The first-order valence-corrected chi connectivity index (χ1v) is 9.76. The standard InChI is InChI=1S/C17H21N5O4S/c1-10-9-13-14(20-22(4)15(13)19-16(10)23)18-17(24)11-5-7-12(8-6-11)27(25,26)21(2)3/h5-8,10H,9H2,1-4H3,(H,19,23)(H,18,20,24)/t10-/m0/s1. The third-order valence-electron chi connectivity index (χ3n) is 4.47. The van der Waals surface area contributed by atoms with Crippen LogP contribution in [-0.4, -0.2) is 48.4 Å². The molecule has 0 bridgehead atoms. The summed E-state index contributed by atoms with van der Waals surface area (Å²) < 4.78 is 26.8. The van der Waals surface area contributed by atoms with E-state index in [1.807, 2.05) is 0 Å². The number of hydrogen-bond donors (Lipinski definition) is 2. The number of benzene rings is 1. The molecule has 2 heterocycles. The number of sulfonamides is 1. The molecule has 2 N–H and O–H groups in total. The second kappa shape index (κ2) is 6.78. The Bertz CT molecular complexity index is 1010. The minimum atomic E-state index is -3.55. The molecule has 0 radical (unpaired) electrons. The fraction of sp³-hybridized carbons (Fsp3) is 0.353. The van der Waals surface area contributed by atoms with Crippen molar-refractivity contribution in [3.8, 4) is 0 Å². The van der Waals surface area contributed by atoms with Crippen molar-refractivity contribution < 1.29 is 18.0 Å². The highest BCUT2D eigenvalue weighted by Crippen LogP contribution is 2.31. The van der Waals surface area contributed by atoms with Crippen molar-refractivity contribution >= 4 is 33.5 Å². The van der Waals surface area contributed by atoms with Gasteiger partial charge in [0.1, 0.15) is 5.82 Å². The van der Waals surface area contributed by atoms with Crippen LogP contribution in [0.3, 0.4) is 0 Å². The van der Waals surface area contributed by atoms with E-state index in [4.69, 9.17) is 0 Å². The summed E-state index contributed by atoms with van der Waals surface area (Å²) >= 11 is 0. The van der Waals surface area contributed by atoms with Gasteiger partial charge in [-0.15, -0.1) is 0 Å². The van der Waals surface area contributed by atoms with Gasteiger partial charge in [0, 0.05) is 38.2 Å². The molecule has 3 rings (SSSR count). The molecule has 1 aliphatic rings. The van der Waals surface area contributed by atoms with Gasteiger partial charge >= 0.3 is 0 Å². The molecule has 0 saturated carbocycles. The molecular formula is C17H21N5O4S. The lowest BCUT2D eigenvalue weighted by Gasteiger charge is -2.19. The van der Waals surface area contributed by atoms with E-state index in [0.29, 0.717) is 23.6 Å². The number of anilines is 2. The number of aromatic nitrogens is 2. The molecule has 9 nitrogen and oxygen atoms in total. The molecule has 2 aromatic rings. The predicted octanol–water partition coefficient (Wildman–Crippen LogP) is 1.05. The Labute approximate surface area is 157 Å². The molecule has 2 amide bonds. The molecule has 1 aromatic heterocycles. The van der Waals surface area contributed by atoms with Gasteiger partial charge in [0.05, 0.1) is 4.90 Å². The largest absolute Gasteiger partial charge is 0.310 e. The Morgan fingerprint density at radius 2 is 1.93 bits per heavy atom. The van der Waals surface area contributed by atoms with E-state index < -0.39 is 15.9 Å². The minimum absolute atomic E-state index is 0.0823. The van der Waals surface area contributed by atoms with E-state index in [1.165, 1.54) is 43.0 Å². The first-order chi connectivity index (χ1) is 12.6. The van der Waals surface area contributed by atoms with Gasteiger partial charge in [0.15, 0.2) is 5.82 Å². The number of nitrogens with zero attached hydrogens (tertiary/aromatic N) is 3. The summed E-state index contributed by atoms with van der Waals surface area (Å²) in [6.45, 7) is 1.81. The third-order valence-corrected chi connectivity index (χ3v) is 6.30. The van der Waals surface area contributed by atoms with Crippen LogP contribution in [0.2, 0.25) is 0 Å². The highest BCUT2D eigenvalue weighted by Gasteiger charge is 2.29. The molecule has 27 heavy (non-hydrogen) atoms. The number of rotatable bonds is 4. The van der Waals surface area contributed by atoms with E-state index in [0.717, 1.165) is 9.87 Å². The summed E-state index contributed by atoms with van der Waals surface area (Å²) in [6.07, 6.45) is 0.477. The van der Waals surface area contributed by atoms with Crippen LogP contribution in [0.25, 0.3) is 0 Å². The van der Waals surface area contributed by atoms with Crippen molar-refractivity contribution in [1.29, 1.82) is 0 Å². The lowest BCUT2D eigenvalue weighted by Crippen LogP contribution is -2.28. The summed E-state index contributed by atoms with van der Waals surface area (Å²) in [5.74, 6) is 0.248. The topological polar surface area (TPSA) is 113 Å². The highest BCUT2D eigenvalue weighted by molar-refractivity contribution is 7.89. The quantitative estimate of drug-likeness (QED) is 0.809. The molecule has 0 unspecified atom stereocenters. The van der Waals surface area contributed by atoms with Gasteiger partial charge < -0.3 is 10.6 Å². The number of carbonyl (C=O) groups is 2. The van der Waals surface area contributed by atoms with Gasteiger partial charge in [-0.2, -0.15) is 5.10 Å². The fourth-order valence-corrected chi connectivity index (χ4v) is 3.73. The molecule has 1 atom stereocenters. The smallest absolute Gasteiger partial charge is 0.256 e. The van der Waals surface area contributed by atoms with Crippen molar-refractivity contribution in [2.24, 2.45) is 13.0 Å². The SMILES string of the molecule is C[C@H]1Cc2c(NC(=O)c3ccc(S(=O)(=O)N(C)C)cc3)nn(C)c2NC1=O. The Kier molecular flexibility index (Phi) is 4.79. The van der Waals surface area contributed by atoms with Crippen molar-refractivity contribution in [3.05, 3.63) is 35.4 Å². The van der Waals surface area contributed by atoms with Crippen LogP contribution in [0.15, 0.2) is 29.2 Å². The van der Waals surface area contributed by atoms with Crippen molar-refractivity contribution in [2.75, 3.05) is 24.7 Å². The summed E-state index contributed by atoms with van der Waals surface area (Å²) in [5.41, 5.74) is 1.07. The molecule has 1 aromatic carbocycles. The lowest BCUT2D eigenvalue weighted by molar-refractivity contribution is -0.119. The molecule has 1 aliphatic heterocycles. The Morgan fingerprint density at radius 1 is 1.30 bits per heavy atom. The van der Waals surface area contributed by atoms with Gasteiger partial charge in [0.2, 0.25) is 15.9 Å². The van der Waals surface area contributed by atoms with Crippen molar-refractivity contribution in [3.63, 3.8) is 0 Å². The van der Waals surface area contributed by atoms with Crippen LogP contribution in [0.5, 0.6) is 0 Å². The van der Waals surface area contributed by atoms with Crippen molar-refractivity contribution in [2.45, 2.75) is 18.2 Å². The van der Waals surface area contributed by atoms with Gasteiger partial charge in [-0.1, -0.05) is 6.92 Å². The van der Waals surface area contributed by atoms with Gasteiger partial charge in [-0.3, -0.25) is 14.3 Å². The molecule has 0 fully saturated rings. The van der Waals surface area contributed by atoms with Crippen LogP contribution >= 0.6 is 0 Å². The zero-order chi connectivity index (χ0) is 19.9. The van der Waals surface area contributed by atoms with Crippen LogP contribution < -0.4 is 10.6 Å². The number of aryl methyl sites for hydroxylation is 1. The lowest BCUT2D eigenvalue weighted by atomic mass is 9.98. The minimum Gasteiger partial charge on any atom is -0.310 e. The molecule has 0 saturated heterocycles. The van der Waals surface area contributed by atoms with Crippen LogP contribution in [0.4, 0.5) is 11.6 Å². The van der Waals surface area contributed by atoms with E-state index in [2.05, 4.69) is 15.7 Å². The molecule has 0 spiro atoms. The second-order valence-corrected chi connectivity index (χ2v) is 8.81. The first-order valence-electron chi connectivity index (χ1n) is 8.32. The maximum Gasteiger partial charge on any atom is 0.256 e. The maximum atomic E-state index is 12.5. The van der Waals surface area contributed by atoms with E-state index in [-0.39, 0.29) is 16.7 Å². The van der Waals surface area contributed by atoms with E-state index in [1.54, 1.807) is 14.0 Å². The average Bonchev–Trinajstić information content (AvgIpc) is 2.90. The summed E-state index contributed by atoms with van der Waals surface area (Å²) in [7, 11) is 1.02. The molecule has 10 heteroatoms. The molecule has 0 aliphatic carbocycles. The molecular weight excluding hydrogens is 370 g/mol. The van der Waals surface area contributed by atoms with Crippen LogP contribution in [0.1, 0.15) is 22.8 Å². The average molecular weight is 391 g/mol. The zero-order valence-electron chi connectivity index (χ0n) is 15.5. The number of amides is 2. The summed E-state index contributed by atoms with van der Waals surface area (Å²) in [6, 6.07) is 5.68. The number of hydrogen-bond acceptors (Lipinski definition) is 5. The van der Waals surface area contributed by atoms with Crippen LogP contribution in [0, 0.1) is 5.92 Å². The van der Waals surface area contributed by atoms with E-state index >= 15 is 0 Å². The van der Waals surface area contributed by atoms with Crippen LogP contribution in [-0.2, 0) is 28.3 Å². The van der Waals surface area contributed by atoms with Gasteiger partial charge in [-0.05, 0) is 30.7 Å². The summed E-state index contributed by atoms with van der Waals surface area (Å²) in [5, 5.41) is 9.80. The van der Waals surface area contributed by atoms with Gasteiger partial charge in [0.25, 0.3) is 5.91 Å². The summed E-state index contributed by atoms with van der Waals surface area (Å²) in [4.78, 5) is 24.5. The number of fused-ring (bicyclic) bond motifs is 1. The number of nitrogens with one attached hydrogen (secondary N) is 2. The number of carbonyl (C=O) groups excluding carboxylic acids is 2. The second-order valence-electron chi connectivity index (χ2n) is 6.66. The maximum absolute atomic E-state index is 12.5. The third kappa shape index (κ3) is 3.45. The van der Waals surface area contributed by atoms with E-state index in [9.17, 15) is 18.0 Å². The zero-order valence-corrected chi connectivity index (χ0v) is 16.3. The molecule has 144 valence electrons. The Morgan fingerprint density at radius 3 is 2.52 bits per heavy atom. The predicted molar refractivity (Wildman–Crippen MR) is 100.0 cm³/mol. The fourth-order valence-electron chi connectivity index (χ4n) is 2.83. The van der Waals surface area contributed by atoms with Crippen molar-refractivity contribution in [1.82, 2.24) is 14.1 Å². The Balaban J connectivity index is 1.83. The Hall–Kier alpha value is -2.72.